The topological polar surface area (TPSA) is 122 Å². The number of anilines is 1. The molecule has 168 valence electrons. The lowest BCUT2D eigenvalue weighted by Crippen LogP contribution is -2.44. The van der Waals surface area contributed by atoms with Gasteiger partial charge in [-0.05, 0) is 24.6 Å². The van der Waals surface area contributed by atoms with E-state index in [9.17, 15) is 10.1 Å². The van der Waals surface area contributed by atoms with Crippen molar-refractivity contribution >= 4 is 11.8 Å². The highest BCUT2D eigenvalue weighted by molar-refractivity contribution is 5.75. The van der Waals surface area contributed by atoms with Crippen LogP contribution >= 0.6 is 0 Å². The van der Waals surface area contributed by atoms with Gasteiger partial charge in [0.2, 0.25) is 0 Å². The van der Waals surface area contributed by atoms with Gasteiger partial charge in [0.15, 0.2) is 0 Å². The first-order valence-electron chi connectivity index (χ1n) is 11.0. The molecular weight excluding hydrogens is 418 g/mol. The number of hydrogen-bond donors (Lipinski definition) is 2. The predicted molar refractivity (Wildman–Crippen MR) is 122 cm³/mol. The Balaban J connectivity index is 1.36. The highest BCUT2D eigenvalue weighted by Gasteiger charge is 2.47. The number of hydrogen-bond acceptors (Lipinski definition) is 6. The molecule has 1 aromatic carbocycles. The van der Waals surface area contributed by atoms with Gasteiger partial charge in [0.25, 0.3) is 0 Å². The highest BCUT2D eigenvalue weighted by atomic mass is 16.5. The van der Waals surface area contributed by atoms with Gasteiger partial charge < -0.3 is 20.7 Å². The van der Waals surface area contributed by atoms with E-state index in [4.69, 9.17) is 15.6 Å². The Labute approximate surface area is 191 Å². The standard InChI is InChI=1S/C24H25N7O2/c1-16(17-5-3-2-4-6-17)28-23(32)30-8-7-24(15-30)21-12-20(29-31(21)9-10-33-24)19-11-18(13-25)22(26)27-14-19/h2-6,11-12,14,16H,7-10,15H2,1H3,(H2,26,27)(H,28,32). The molecule has 2 atom stereocenters. The maximum atomic E-state index is 13.0. The number of amides is 2. The Morgan fingerprint density at radius 3 is 2.91 bits per heavy atom. The van der Waals surface area contributed by atoms with Gasteiger partial charge in [-0.1, -0.05) is 30.3 Å². The Morgan fingerprint density at radius 2 is 2.12 bits per heavy atom. The van der Waals surface area contributed by atoms with Crippen LogP contribution < -0.4 is 11.1 Å². The Morgan fingerprint density at radius 1 is 1.30 bits per heavy atom. The van der Waals surface area contributed by atoms with Crippen LogP contribution in [-0.2, 0) is 16.9 Å². The lowest BCUT2D eigenvalue weighted by atomic mass is 9.96. The van der Waals surface area contributed by atoms with Crippen molar-refractivity contribution in [2.24, 2.45) is 0 Å². The van der Waals surface area contributed by atoms with Crippen molar-refractivity contribution in [3.8, 4) is 17.3 Å². The number of aromatic nitrogens is 3. The van der Waals surface area contributed by atoms with E-state index >= 15 is 0 Å². The fourth-order valence-electron chi connectivity index (χ4n) is 4.59. The van der Waals surface area contributed by atoms with Gasteiger partial charge in [-0.3, -0.25) is 4.68 Å². The van der Waals surface area contributed by atoms with Crippen molar-refractivity contribution in [3.05, 3.63) is 65.5 Å². The summed E-state index contributed by atoms with van der Waals surface area (Å²) in [5.74, 6) is 0.201. The van der Waals surface area contributed by atoms with Crippen LogP contribution in [0.3, 0.4) is 0 Å². The molecule has 0 bridgehead atoms. The van der Waals surface area contributed by atoms with Gasteiger partial charge in [0, 0.05) is 24.7 Å². The molecule has 0 saturated carbocycles. The predicted octanol–water partition coefficient (Wildman–Crippen LogP) is 2.80. The summed E-state index contributed by atoms with van der Waals surface area (Å²) in [6.07, 6.45) is 2.31. The number of nitrogen functional groups attached to an aromatic ring is 1. The molecule has 2 aliphatic heterocycles. The number of ether oxygens (including phenoxy) is 1. The number of fused-ring (bicyclic) bond motifs is 2. The number of carbonyl (C=O) groups excluding carboxylic acids is 1. The van der Waals surface area contributed by atoms with E-state index in [1.165, 1.54) is 0 Å². The largest absolute Gasteiger partial charge is 0.383 e. The molecule has 1 spiro atoms. The Kier molecular flexibility index (Phi) is 5.23. The molecule has 2 amide bonds. The fourth-order valence-corrected chi connectivity index (χ4v) is 4.59. The van der Waals surface area contributed by atoms with Gasteiger partial charge in [0.1, 0.15) is 17.5 Å². The van der Waals surface area contributed by atoms with Crippen molar-refractivity contribution in [2.45, 2.75) is 31.5 Å². The van der Waals surface area contributed by atoms with Crippen LogP contribution in [0.2, 0.25) is 0 Å². The number of nitriles is 1. The maximum absolute atomic E-state index is 13.0. The number of nitrogens with one attached hydrogen (secondary N) is 1. The zero-order chi connectivity index (χ0) is 23.0. The van der Waals surface area contributed by atoms with Crippen molar-refractivity contribution in [2.75, 3.05) is 25.4 Å². The van der Waals surface area contributed by atoms with Gasteiger partial charge in [0.05, 0.1) is 42.7 Å². The fraction of sp³-hybridized carbons (Fsp3) is 0.333. The summed E-state index contributed by atoms with van der Waals surface area (Å²) in [7, 11) is 0. The molecule has 1 fully saturated rings. The van der Waals surface area contributed by atoms with Gasteiger partial charge >= 0.3 is 6.03 Å². The molecular formula is C24H25N7O2. The third kappa shape index (κ3) is 3.79. The molecule has 3 aromatic rings. The summed E-state index contributed by atoms with van der Waals surface area (Å²) in [4.78, 5) is 18.9. The van der Waals surface area contributed by atoms with E-state index in [1.807, 2.05) is 48.0 Å². The number of likely N-dealkylation sites (tertiary alicyclic amines) is 1. The minimum Gasteiger partial charge on any atom is -0.383 e. The summed E-state index contributed by atoms with van der Waals surface area (Å²) in [6.45, 7) is 4.17. The van der Waals surface area contributed by atoms with E-state index in [-0.39, 0.29) is 17.9 Å². The maximum Gasteiger partial charge on any atom is 0.317 e. The third-order valence-corrected chi connectivity index (χ3v) is 6.42. The van der Waals surface area contributed by atoms with Crippen molar-refractivity contribution in [1.29, 1.82) is 5.26 Å². The molecule has 9 nitrogen and oxygen atoms in total. The summed E-state index contributed by atoms with van der Waals surface area (Å²) >= 11 is 0. The summed E-state index contributed by atoms with van der Waals surface area (Å²) in [5.41, 5.74) is 8.91. The zero-order valence-corrected chi connectivity index (χ0v) is 18.4. The Bertz CT molecular complexity index is 1230. The molecule has 3 N–H and O–H groups in total. The number of pyridine rings is 1. The van der Waals surface area contributed by atoms with Crippen LogP contribution in [0.25, 0.3) is 11.3 Å². The molecule has 5 rings (SSSR count). The number of urea groups is 1. The summed E-state index contributed by atoms with van der Waals surface area (Å²) in [6, 6.07) is 15.4. The molecule has 2 unspecified atom stereocenters. The normalized spacial score (nSPS) is 20.3. The highest BCUT2D eigenvalue weighted by Crippen LogP contribution is 2.40. The molecule has 9 heteroatoms. The second-order valence-electron chi connectivity index (χ2n) is 8.50. The van der Waals surface area contributed by atoms with Crippen LogP contribution in [0.1, 0.15) is 36.2 Å². The second-order valence-corrected chi connectivity index (χ2v) is 8.50. The van der Waals surface area contributed by atoms with E-state index in [0.717, 1.165) is 16.8 Å². The lowest BCUT2D eigenvalue weighted by molar-refractivity contribution is -0.0701. The first kappa shape index (κ1) is 21.0. The van der Waals surface area contributed by atoms with Crippen LogP contribution in [0, 0.1) is 11.3 Å². The van der Waals surface area contributed by atoms with Crippen molar-refractivity contribution in [1.82, 2.24) is 25.0 Å². The third-order valence-electron chi connectivity index (χ3n) is 6.42. The monoisotopic (exact) mass is 443 g/mol. The minimum absolute atomic E-state index is 0.0907. The van der Waals surface area contributed by atoms with Crippen molar-refractivity contribution in [3.63, 3.8) is 0 Å². The van der Waals surface area contributed by atoms with Gasteiger partial charge in [-0.15, -0.1) is 0 Å². The number of carbonyl (C=O) groups is 1. The number of nitrogens with zero attached hydrogens (tertiary/aromatic N) is 5. The molecule has 2 aliphatic rings. The molecule has 1 saturated heterocycles. The average Bonchev–Trinajstić information content (AvgIpc) is 3.46. The van der Waals surface area contributed by atoms with E-state index in [1.54, 1.807) is 17.2 Å². The number of rotatable bonds is 3. The molecule has 0 radical (unpaired) electrons. The van der Waals surface area contributed by atoms with E-state index in [2.05, 4.69) is 16.4 Å². The van der Waals surface area contributed by atoms with Crippen LogP contribution in [0.4, 0.5) is 10.6 Å². The lowest BCUT2D eigenvalue weighted by Gasteiger charge is -2.34. The quantitative estimate of drug-likeness (QED) is 0.642. The number of nitrogens with two attached hydrogens (primary N) is 1. The Hall–Kier alpha value is -3.90. The minimum atomic E-state index is -0.601. The number of benzene rings is 1. The molecule has 0 aliphatic carbocycles. The first-order chi connectivity index (χ1) is 16.0. The van der Waals surface area contributed by atoms with Crippen LogP contribution in [-0.4, -0.2) is 45.4 Å². The van der Waals surface area contributed by atoms with E-state index in [0.29, 0.717) is 43.9 Å². The molecule has 33 heavy (non-hydrogen) atoms. The molecule has 2 aromatic heterocycles. The van der Waals surface area contributed by atoms with E-state index < -0.39 is 5.60 Å². The van der Waals surface area contributed by atoms with Crippen LogP contribution in [0.5, 0.6) is 0 Å². The zero-order valence-electron chi connectivity index (χ0n) is 18.4. The van der Waals surface area contributed by atoms with Crippen molar-refractivity contribution < 1.29 is 9.53 Å². The van der Waals surface area contributed by atoms with Gasteiger partial charge in [-0.2, -0.15) is 10.4 Å². The SMILES string of the molecule is CC(NC(=O)N1CCC2(C1)OCCn1nc(-c3cnc(N)c(C#N)c3)cc12)c1ccccc1. The smallest absolute Gasteiger partial charge is 0.317 e. The second kappa shape index (κ2) is 8.22. The first-order valence-corrected chi connectivity index (χ1v) is 11.0. The average molecular weight is 444 g/mol. The van der Waals surface area contributed by atoms with Crippen LogP contribution in [0.15, 0.2) is 48.7 Å². The van der Waals surface area contributed by atoms with Gasteiger partial charge in [-0.25, -0.2) is 9.78 Å². The summed E-state index contributed by atoms with van der Waals surface area (Å²) in [5, 5.41) is 17.1. The summed E-state index contributed by atoms with van der Waals surface area (Å²) < 4.78 is 8.21. The molecule has 4 heterocycles.